The summed E-state index contributed by atoms with van der Waals surface area (Å²) in [5.41, 5.74) is 1.10. The molecule has 1 fully saturated rings. The number of hydrogen-bond acceptors (Lipinski definition) is 3. The minimum atomic E-state index is -1.56. The van der Waals surface area contributed by atoms with Gasteiger partial charge in [0.05, 0.1) is 5.69 Å². The van der Waals surface area contributed by atoms with Gasteiger partial charge in [0.15, 0.2) is 0 Å². The standard InChI is InChI=1S/C17H17N3O2/c1-13-7-10-18-20(13)15-5-3-4-14(12-15)6-8-17(22)9-11-19(2)16(17)21/h3-5,7,10,12,22H,9,11H2,1-2H3/t17-/m0/s1. The molecule has 1 N–H and O–H groups in total. The highest BCUT2D eigenvalue weighted by atomic mass is 16.3. The molecule has 0 unspecified atom stereocenters. The van der Waals surface area contributed by atoms with E-state index in [1.54, 1.807) is 13.2 Å². The Hall–Kier alpha value is -2.58. The zero-order valence-electron chi connectivity index (χ0n) is 12.6. The summed E-state index contributed by atoms with van der Waals surface area (Å²) in [6.45, 7) is 2.50. The number of benzene rings is 1. The number of amides is 1. The first-order valence-electron chi connectivity index (χ1n) is 7.12. The van der Waals surface area contributed by atoms with Crippen molar-refractivity contribution >= 4 is 5.91 Å². The highest BCUT2D eigenvalue weighted by molar-refractivity contribution is 5.90. The number of rotatable bonds is 1. The quantitative estimate of drug-likeness (QED) is 0.802. The van der Waals surface area contributed by atoms with E-state index < -0.39 is 5.60 Å². The van der Waals surface area contributed by atoms with Crippen molar-refractivity contribution in [1.82, 2.24) is 14.7 Å². The first-order chi connectivity index (χ1) is 10.5. The van der Waals surface area contributed by atoms with E-state index in [1.807, 2.05) is 41.9 Å². The Morgan fingerprint density at radius 1 is 1.36 bits per heavy atom. The van der Waals surface area contributed by atoms with Crippen molar-refractivity contribution < 1.29 is 9.90 Å². The molecule has 1 aromatic carbocycles. The van der Waals surface area contributed by atoms with Gasteiger partial charge in [-0.25, -0.2) is 4.68 Å². The molecule has 0 saturated carbocycles. The molecule has 2 aromatic rings. The van der Waals surface area contributed by atoms with Gasteiger partial charge in [-0.1, -0.05) is 17.9 Å². The molecular formula is C17H17N3O2. The highest BCUT2D eigenvalue weighted by Crippen LogP contribution is 2.21. The minimum absolute atomic E-state index is 0.334. The maximum absolute atomic E-state index is 11.9. The molecule has 1 aliphatic heterocycles. The Labute approximate surface area is 129 Å². The molecule has 0 spiro atoms. The smallest absolute Gasteiger partial charge is 0.267 e. The van der Waals surface area contributed by atoms with Crippen LogP contribution in [0.3, 0.4) is 0 Å². The average Bonchev–Trinajstić information content (AvgIpc) is 3.05. The second-order valence-electron chi connectivity index (χ2n) is 5.52. The summed E-state index contributed by atoms with van der Waals surface area (Å²) in [5, 5.41) is 14.6. The van der Waals surface area contributed by atoms with Crippen LogP contribution in [0, 0.1) is 18.8 Å². The van der Waals surface area contributed by atoms with Crippen LogP contribution < -0.4 is 0 Å². The van der Waals surface area contributed by atoms with Crippen LogP contribution in [0.2, 0.25) is 0 Å². The summed E-state index contributed by atoms with van der Waals surface area (Å²) >= 11 is 0. The normalized spacial score (nSPS) is 20.9. The van der Waals surface area contributed by atoms with E-state index in [0.29, 0.717) is 13.0 Å². The van der Waals surface area contributed by atoms with Crippen LogP contribution in [0.4, 0.5) is 0 Å². The third-order valence-corrected chi connectivity index (χ3v) is 3.85. The molecule has 1 amide bonds. The van der Waals surface area contributed by atoms with E-state index in [9.17, 15) is 9.90 Å². The van der Waals surface area contributed by atoms with E-state index >= 15 is 0 Å². The number of nitrogens with zero attached hydrogens (tertiary/aromatic N) is 3. The van der Waals surface area contributed by atoms with Crippen molar-refractivity contribution in [2.75, 3.05) is 13.6 Å². The van der Waals surface area contributed by atoms with Gasteiger partial charge >= 0.3 is 0 Å². The van der Waals surface area contributed by atoms with Crippen LogP contribution in [-0.2, 0) is 4.79 Å². The van der Waals surface area contributed by atoms with E-state index in [0.717, 1.165) is 16.9 Å². The predicted octanol–water partition coefficient (Wildman–Crippen LogP) is 1.13. The van der Waals surface area contributed by atoms with Gasteiger partial charge in [-0.3, -0.25) is 4.79 Å². The van der Waals surface area contributed by atoms with Crippen LogP contribution in [0.25, 0.3) is 5.69 Å². The van der Waals surface area contributed by atoms with Crippen molar-refractivity contribution in [2.45, 2.75) is 18.9 Å². The number of likely N-dealkylation sites (N-methyl/N-ethyl adjacent to an activating group) is 1. The second kappa shape index (κ2) is 5.32. The van der Waals surface area contributed by atoms with Crippen LogP contribution in [0.15, 0.2) is 36.5 Å². The van der Waals surface area contributed by atoms with Crippen molar-refractivity contribution in [3.05, 3.63) is 47.8 Å². The molecule has 0 aliphatic carbocycles. The lowest BCUT2D eigenvalue weighted by atomic mass is 10.0. The summed E-state index contributed by atoms with van der Waals surface area (Å²) in [5.74, 6) is 5.30. The zero-order chi connectivity index (χ0) is 15.7. The minimum Gasteiger partial charge on any atom is -0.369 e. The zero-order valence-corrected chi connectivity index (χ0v) is 12.6. The van der Waals surface area contributed by atoms with E-state index in [-0.39, 0.29) is 5.91 Å². The van der Waals surface area contributed by atoms with Gasteiger partial charge in [0.25, 0.3) is 5.91 Å². The molecule has 0 bridgehead atoms. The summed E-state index contributed by atoms with van der Waals surface area (Å²) in [6, 6.07) is 9.48. The summed E-state index contributed by atoms with van der Waals surface area (Å²) in [7, 11) is 1.67. The third-order valence-electron chi connectivity index (χ3n) is 3.85. The van der Waals surface area contributed by atoms with E-state index in [4.69, 9.17) is 0 Å². The van der Waals surface area contributed by atoms with Gasteiger partial charge in [-0.2, -0.15) is 5.10 Å². The van der Waals surface area contributed by atoms with Gasteiger partial charge in [0.1, 0.15) is 0 Å². The first kappa shape index (κ1) is 14.4. The Balaban J connectivity index is 1.91. The van der Waals surface area contributed by atoms with Crippen LogP contribution in [-0.4, -0.2) is 44.9 Å². The van der Waals surface area contributed by atoms with E-state index in [2.05, 4.69) is 16.9 Å². The lowest BCUT2D eigenvalue weighted by molar-refractivity contribution is -0.137. The monoisotopic (exact) mass is 295 g/mol. The van der Waals surface area contributed by atoms with Gasteiger partial charge in [-0.15, -0.1) is 0 Å². The van der Waals surface area contributed by atoms with Gasteiger partial charge in [-0.05, 0) is 31.2 Å². The van der Waals surface area contributed by atoms with Crippen molar-refractivity contribution in [2.24, 2.45) is 0 Å². The van der Waals surface area contributed by atoms with Crippen molar-refractivity contribution in [3.63, 3.8) is 0 Å². The number of likely N-dealkylation sites (tertiary alicyclic amines) is 1. The average molecular weight is 295 g/mol. The molecule has 112 valence electrons. The Morgan fingerprint density at radius 3 is 2.82 bits per heavy atom. The Morgan fingerprint density at radius 2 is 2.18 bits per heavy atom. The topological polar surface area (TPSA) is 58.4 Å². The molecular weight excluding hydrogens is 278 g/mol. The summed E-state index contributed by atoms with van der Waals surface area (Å²) in [6.07, 6.45) is 2.08. The SMILES string of the molecule is Cc1ccnn1-c1cccc(C#C[C@]2(O)CCN(C)C2=O)c1. The Bertz CT molecular complexity index is 784. The lowest BCUT2D eigenvalue weighted by Gasteiger charge is -2.13. The second-order valence-corrected chi connectivity index (χ2v) is 5.52. The maximum atomic E-state index is 11.9. The van der Waals surface area contributed by atoms with E-state index in [1.165, 1.54) is 4.90 Å². The maximum Gasteiger partial charge on any atom is 0.267 e. The number of hydrogen-bond donors (Lipinski definition) is 1. The lowest BCUT2D eigenvalue weighted by Crippen LogP contribution is -2.37. The number of carbonyl (C=O) groups excluding carboxylic acids is 1. The molecule has 0 radical (unpaired) electrons. The highest BCUT2D eigenvalue weighted by Gasteiger charge is 2.42. The van der Waals surface area contributed by atoms with Gasteiger partial charge in [0, 0.05) is 37.5 Å². The van der Waals surface area contributed by atoms with Gasteiger partial charge in [0.2, 0.25) is 5.60 Å². The summed E-state index contributed by atoms with van der Waals surface area (Å²) in [4.78, 5) is 13.4. The summed E-state index contributed by atoms with van der Waals surface area (Å²) < 4.78 is 1.81. The van der Waals surface area contributed by atoms with Crippen molar-refractivity contribution in [1.29, 1.82) is 0 Å². The molecule has 1 saturated heterocycles. The molecule has 3 rings (SSSR count). The van der Waals surface area contributed by atoms with Crippen molar-refractivity contribution in [3.8, 4) is 17.5 Å². The molecule has 22 heavy (non-hydrogen) atoms. The third kappa shape index (κ3) is 2.49. The fourth-order valence-corrected chi connectivity index (χ4v) is 2.50. The molecule has 5 nitrogen and oxygen atoms in total. The number of aryl methyl sites for hydroxylation is 1. The van der Waals surface area contributed by atoms with Crippen LogP contribution in [0.5, 0.6) is 0 Å². The number of carbonyl (C=O) groups is 1. The Kier molecular flexibility index (Phi) is 3.47. The number of aliphatic hydroxyl groups is 1. The molecule has 5 heteroatoms. The van der Waals surface area contributed by atoms with Crippen LogP contribution >= 0.6 is 0 Å². The number of aromatic nitrogens is 2. The molecule has 2 heterocycles. The first-order valence-corrected chi connectivity index (χ1v) is 7.12. The largest absolute Gasteiger partial charge is 0.369 e. The molecule has 1 aliphatic rings. The van der Waals surface area contributed by atoms with Crippen LogP contribution in [0.1, 0.15) is 17.7 Å². The van der Waals surface area contributed by atoms with Gasteiger partial charge < -0.3 is 10.0 Å². The predicted molar refractivity (Wildman–Crippen MR) is 82.4 cm³/mol. The molecule has 1 atom stereocenters. The fourth-order valence-electron chi connectivity index (χ4n) is 2.50. The fraction of sp³-hybridized carbons (Fsp3) is 0.294. The molecule has 1 aromatic heterocycles.